The van der Waals surface area contributed by atoms with Crippen molar-refractivity contribution in [2.75, 3.05) is 13.9 Å². The molecule has 11 nitrogen and oxygen atoms in total. The fourth-order valence-electron chi connectivity index (χ4n) is 4.02. The fourth-order valence-corrected chi connectivity index (χ4v) is 5.69. The lowest BCUT2D eigenvalue weighted by Crippen LogP contribution is -2.43. The minimum Gasteiger partial charge on any atom is -0.485 e. The van der Waals surface area contributed by atoms with E-state index >= 15 is 0 Å². The second-order valence-corrected chi connectivity index (χ2v) is 13.8. The molecule has 0 aromatic heterocycles. The SMILES string of the molecule is COC(=O)[C@H](Cc1ccc(OCOP(=O)(OC(C)(C)C)OC(C)(C)C)c(OCc2ccccc2)c1)NC(=O)OCc1ccccc1. The van der Waals surface area contributed by atoms with E-state index in [0.29, 0.717) is 11.3 Å². The first kappa shape index (κ1) is 36.6. The third-order valence-corrected chi connectivity index (χ3v) is 7.84. The lowest BCUT2D eigenvalue weighted by molar-refractivity contribution is -0.143. The number of phosphoric ester groups is 1. The number of alkyl carbamates (subject to hydrolysis) is 1. The van der Waals surface area contributed by atoms with Gasteiger partial charge in [0.05, 0.1) is 18.3 Å². The van der Waals surface area contributed by atoms with Gasteiger partial charge in [0.1, 0.15) is 19.3 Å². The molecule has 0 fully saturated rings. The van der Waals surface area contributed by atoms with E-state index in [2.05, 4.69) is 5.32 Å². The molecule has 0 bridgehead atoms. The van der Waals surface area contributed by atoms with Crippen LogP contribution >= 0.6 is 7.82 Å². The molecule has 3 aromatic carbocycles. The second kappa shape index (κ2) is 16.6. The Hall–Kier alpha value is -3.89. The molecule has 0 saturated carbocycles. The normalized spacial score (nSPS) is 12.6. The smallest absolute Gasteiger partial charge is 0.478 e. The number of amides is 1. The molecule has 0 aliphatic rings. The number of carbonyl (C=O) groups excluding carboxylic acids is 2. The van der Waals surface area contributed by atoms with Gasteiger partial charge < -0.3 is 24.3 Å². The molecule has 0 saturated heterocycles. The van der Waals surface area contributed by atoms with Gasteiger partial charge in [0.25, 0.3) is 0 Å². The number of rotatable bonds is 15. The molecule has 1 N–H and O–H groups in total. The quantitative estimate of drug-likeness (QED) is 0.101. The van der Waals surface area contributed by atoms with Crippen molar-refractivity contribution in [1.82, 2.24) is 5.32 Å². The summed E-state index contributed by atoms with van der Waals surface area (Å²) < 4.78 is 52.5. The number of nitrogens with one attached hydrogen (secondary N) is 1. The highest BCUT2D eigenvalue weighted by atomic mass is 31.2. The standard InChI is InChI=1S/C34H44NO10P/c1-33(2,3)44-46(38,45-34(4,5)6)43-24-42-29-19-18-27(21-30(29)40-22-25-14-10-8-11-15-25)20-28(31(36)39-7)35-32(37)41-23-26-16-12-9-13-17-26/h8-19,21,28H,20,22-24H2,1-7H3,(H,35,37)/t28-/m0/s1. The summed E-state index contributed by atoms with van der Waals surface area (Å²) in [5.74, 6) is -0.0447. The van der Waals surface area contributed by atoms with E-state index in [-0.39, 0.29) is 25.4 Å². The van der Waals surface area contributed by atoms with E-state index in [1.165, 1.54) is 7.11 Å². The van der Waals surface area contributed by atoms with Crippen molar-refractivity contribution >= 4 is 19.9 Å². The van der Waals surface area contributed by atoms with Crippen LogP contribution in [0.15, 0.2) is 78.9 Å². The average Bonchev–Trinajstić information content (AvgIpc) is 2.98. The molecule has 1 amide bonds. The van der Waals surface area contributed by atoms with Gasteiger partial charge in [-0.3, -0.25) is 9.05 Å². The Labute approximate surface area is 271 Å². The molecule has 0 aliphatic carbocycles. The van der Waals surface area contributed by atoms with Crippen LogP contribution in [0.25, 0.3) is 0 Å². The predicted octanol–water partition coefficient (Wildman–Crippen LogP) is 7.37. The lowest BCUT2D eigenvalue weighted by Gasteiger charge is -2.30. The Kier molecular flexibility index (Phi) is 13.2. The van der Waals surface area contributed by atoms with E-state index in [4.69, 9.17) is 32.5 Å². The number of carbonyl (C=O) groups is 2. The van der Waals surface area contributed by atoms with E-state index in [0.717, 1.165) is 11.1 Å². The molecule has 12 heteroatoms. The number of benzene rings is 3. The number of esters is 1. The summed E-state index contributed by atoms with van der Waals surface area (Å²) in [6.45, 7) is 10.2. The van der Waals surface area contributed by atoms with Crippen LogP contribution in [0.1, 0.15) is 58.2 Å². The summed E-state index contributed by atoms with van der Waals surface area (Å²) in [6, 6.07) is 22.7. The minimum absolute atomic E-state index is 0.0423. The summed E-state index contributed by atoms with van der Waals surface area (Å²) in [6.07, 6.45) is -0.698. The Morgan fingerprint density at radius 3 is 1.85 bits per heavy atom. The maximum Gasteiger partial charge on any atom is 0.478 e. The Balaban J connectivity index is 1.77. The molecule has 0 spiro atoms. The maximum atomic E-state index is 13.4. The number of methoxy groups -OCH3 is 1. The molecular formula is C34H44NO10P. The van der Waals surface area contributed by atoms with Crippen molar-refractivity contribution in [2.45, 2.75) is 78.4 Å². The molecule has 3 rings (SSSR count). The zero-order valence-corrected chi connectivity index (χ0v) is 28.3. The second-order valence-electron chi connectivity index (χ2n) is 12.3. The Morgan fingerprint density at radius 2 is 1.30 bits per heavy atom. The van der Waals surface area contributed by atoms with Gasteiger partial charge in [-0.15, -0.1) is 0 Å². The molecular weight excluding hydrogens is 613 g/mol. The van der Waals surface area contributed by atoms with Crippen molar-refractivity contribution in [3.8, 4) is 11.5 Å². The lowest BCUT2D eigenvalue weighted by atomic mass is 10.1. The zero-order valence-electron chi connectivity index (χ0n) is 27.4. The van der Waals surface area contributed by atoms with Crippen molar-refractivity contribution in [3.63, 3.8) is 0 Å². The summed E-state index contributed by atoms with van der Waals surface area (Å²) in [5.41, 5.74) is 0.716. The van der Waals surface area contributed by atoms with Crippen molar-refractivity contribution in [1.29, 1.82) is 0 Å². The summed E-state index contributed by atoms with van der Waals surface area (Å²) in [5, 5.41) is 2.58. The highest BCUT2D eigenvalue weighted by Crippen LogP contribution is 2.55. The molecule has 250 valence electrons. The van der Waals surface area contributed by atoms with Crippen LogP contribution in [0.2, 0.25) is 0 Å². The van der Waals surface area contributed by atoms with Crippen LogP contribution in [0.5, 0.6) is 11.5 Å². The first-order chi connectivity index (χ1) is 21.6. The van der Waals surface area contributed by atoms with Gasteiger partial charge in [-0.2, -0.15) is 0 Å². The highest BCUT2D eigenvalue weighted by molar-refractivity contribution is 7.48. The monoisotopic (exact) mass is 657 g/mol. The molecule has 3 aromatic rings. The van der Waals surface area contributed by atoms with Gasteiger partial charge in [-0.25, -0.2) is 18.7 Å². The minimum atomic E-state index is -4.03. The van der Waals surface area contributed by atoms with E-state index in [1.807, 2.05) is 60.7 Å². The molecule has 1 atom stereocenters. The third kappa shape index (κ3) is 13.2. The maximum absolute atomic E-state index is 13.4. The van der Waals surface area contributed by atoms with Crippen LogP contribution in [-0.4, -0.2) is 43.2 Å². The van der Waals surface area contributed by atoms with Crippen molar-refractivity contribution < 1.29 is 46.7 Å². The Morgan fingerprint density at radius 1 is 0.739 bits per heavy atom. The average molecular weight is 658 g/mol. The summed E-state index contributed by atoms with van der Waals surface area (Å²) in [4.78, 5) is 25.2. The van der Waals surface area contributed by atoms with Gasteiger partial charge in [-0.1, -0.05) is 66.7 Å². The Bertz CT molecular complexity index is 1430. The topological polar surface area (TPSA) is 128 Å². The van der Waals surface area contributed by atoms with Gasteiger partial charge in [-0.05, 0) is 70.4 Å². The summed E-state index contributed by atoms with van der Waals surface area (Å²) in [7, 11) is -2.79. The number of hydrogen-bond donors (Lipinski definition) is 1. The van der Waals surface area contributed by atoms with Crippen LogP contribution in [0.3, 0.4) is 0 Å². The van der Waals surface area contributed by atoms with Gasteiger partial charge in [0.2, 0.25) is 6.79 Å². The summed E-state index contributed by atoms with van der Waals surface area (Å²) >= 11 is 0. The fraction of sp³-hybridized carbons (Fsp3) is 0.412. The first-order valence-corrected chi connectivity index (χ1v) is 16.2. The van der Waals surface area contributed by atoms with E-state index in [9.17, 15) is 14.2 Å². The van der Waals surface area contributed by atoms with Crippen molar-refractivity contribution in [3.05, 3.63) is 95.6 Å². The highest BCUT2D eigenvalue weighted by Gasteiger charge is 2.37. The zero-order chi connectivity index (χ0) is 33.8. The van der Waals surface area contributed by atoms with Gasteiger partial charge in [0, 0.05) is 6.42 Å². The third-order valence-electron chi connectivity index (χ3n) is 5.87. The molecule has 0 heterocycles. The van der Waals surface area contributed by atoms with Crippen molar-refractivity contribution in [2.24, 2.45) is 0 Å². The molecule has 0 radical (unpaired) electrons. The predicted molar refractivity (Wildman–Crippen MR) is 172 cm³/mol. The number of ether oxygens (including phenoxy) is 4. The molecule has 0 aliphatic heterocycles. The van der Waals surface area contributed by atoms with Crippen LogP contribution < -0.4 is 14.8 Å². The van der Waals surface area contributed by atoms with Crippen LogP contribution in [-0.2, 0) is 52.0 Å². The number of phosphoric acid groups is 1. The first-order valence-electron chi connectivity index (χ1n) is 14.8. The van der Waals surface area contributed by atoms with E-state index < -0.39 is 43.9 Å². The number of hydrogen-bond acceptors (Lipinski definition) is 10. The van der Waals surface area contributed by atoms with Crippen LogP contribution in [0, 0.1) is 0 Å². The van der Waals surface area contributed by atoms with E-state index in [1.54, 1.807) is 59.7 Å². The van der Waals surface area contributed by atoms with Gasteiger partial charge in [0.15, 0.2) is 11.5 Å². The largest absolute Gasteiger partial charge is 0.485 e. The van der Waals surface area contributed by atoms with Crippen LogP contribution in [0.4, 0.5) is 4.79 Å². The molecule has 46 heavy (non-hydrogen) atoms. The van der Waals surface area contributed by atoms with Gasteiger partial charge >= 0.3 is 19.9 Å². The molecule has 0 unspecified atom stereocenters.